The summed E-state index contributed by atoms with van der Waals surface area (Å²) in [7, 11) is 0. The zero-order valence-electron chi connectivity index (χ0n) is 13.3. The Balaban J connectivity index is 1.70. The molecule has 4 nitrogen and oxygen atoms in total. The maximum Gasteiger partial charge on any atom is 0.0900 e. The van der Waals surface area contributed by atoms with Crippen molar-refractivity contribution in [2.75, 3.05) is 45.9 Å². The van der Waals surface area contributed by atoms with E-state index in [0.29, 0.717) is 13.2 Å². The van der Waals surface area contributed by atoms with Gasteiger partial charge >= 0.3 is 0 Å². The minimum atomic E-state index is -0.367. The van der Waals surface area contributed by atoms with Crippen LogP contribution in [0.15, 0.2) is 24.3 Å². The van der Waals surface area contributed by atoms with Crippen molar-refractivity contribution in [1.82, 2.24) is 9.80 Å². The van der Waals surface area contributed by atoms with Crippen LogP contribution in [0.5, 0.6) is 0 Å². The molecule has 0 bridgehead atoms. The van der Waals surface area contributed by atoms with E-state index >= 15 is 0 Å². The summed E-state index contributed by atoms with van der Waals surface area (Å²) >= 11 is 0. The van der Waals surface area contributed by atoms with Crippen molar-refractivity contribution in [1.29, 1.82) is 0 Å². The molecule has 1 N–H and O–H groups in total. The number of benzene rings is 1. The molecule has 2 rings (SSSR count). The van der Waals surface area contributed by atoms with Crippen LogP contribution in [-0.4, -0.2) is 66.9 Å². The molecule has 1 aliphatic heterocycles. The number of hydrogen-bond donors (Lipinski definition) is 1. The molecule has 1 saturated heterocycles. The summed E-state index contributed by atoms with van der Waals surface area (Å²) in [5.74, 6) is 0. The van der Waals surface area contributed by atoms with Gasteiger partial charge in [0, 0.05) is 45.9 Å². The van der Waals surface area contributed by atoms with Gasteiger partial charge in [-0.3, -0.25) is 9.80 Å². The summed E-state index contributed by atoms with van der Waals surface area (Å²) in [5.41, 5.74) is 2.71. The number of rotatable bonds is 7. The Morgan fingerprint density at radius 2 is 1.90 bits per heavy atom. The molecule has 21 heavy (non-hydrogen) atoms. The van der Waals surface area contributed by atoms with E-state index in [1.165, 1.54) is 11.1 Å². The molecule has 1 aliphatic rings. The van der Waals surface area contributed by atoms with Crippen LogP contribution in [0.4, 0.5) is 0 Å². The Bertz CT molecular complexity index is 417. The Hall–Kier alpha value is -0.940. The van der Waals surface area contributed by atoms with Crippen LogP contribution in [0, 0.1) is 6.92 Å². The summed E-state index contributed by atoms with van der Waals surface area (Å²) in [6.07, 6.45) is -0.367. The molecule has 0 amide bonds. The Morgan fingerprint density at radius 1 is 1.19 bits per heavy atom. The van der Waals surface area contributed by atoms with Gasteiger partial charge < -0.3 is 9.84 Å². The highest BCUT2D eigenvalue weighted by Gasteiger charge is 2.19. The lowest BCUT2D eigenvalue weighted by Gasteiger charge is -2.35. The maximum absolute atomic E-state index is 9.88. The number of aliphatic hydroxyl groups excluding tert-OH is 1. The molecule has 4 heteroatoms. The van der Waals surface area contributed by atoms with Crippen molar-refractivity contribution in [2.24, 2.45) is 0 Å². The average molecular weight is 292 g/mol. The Morgan fingerprint density at radius 3 is 2.57 bits per heavy atom. The van der Waals surface area contributed by atoms with E-state index in [1.54, 1.807) is 0 Å². The molecular weight excluding hydrogens is 264 g/mol. The van der Waals surface area contributed by atoms with Gasteiger partial charge in [0.2, 0.25) is 0 Å². The van der Waals surface area contributed by atoms with Crippen LogP contribution >= 0.6 is 0 Å². The van der Waals surface area contributed by atoms with E-state index in [2.05, 4.69) is 41.0 Å². The van der Waals surface area contributed by atoms with E-state index in [4.69, 9.17) is 4.74 Å². The highest BCUT2D eigenvalue weighted by Crippen LogP contribution is 2.10. The van der Waals surface area contributed by atoms with Crippen molar-refractivity contribution >= 4 is 0 Å². The lowest BCUT2D eigenvalue weighted by Crippen LogP contribution is -2.48. The van der Waals surface area contributed by atoms with E-state index in [9.17, 15) is 5.11 Å². The first-order valence-corrected chi connectivity index (χ1v) is 7.93. The fourth-order valence-electron chi connectivity index (χ4n) is 2.80. The molecular formula is C17H28N2O2. The number of β-amino-alcohol motifs (C(OH)–C–C–N with tert-alkyl or cyclic N) is 1. The Labute approximate surface area is 128 Å². The molecule has 1 fully saturated rings. The van der Waals surface area contributed by atoms with E-state index in [0.717, 1.165) is 39.3 Å². The fourth-order valence-corrected chi connectivity index (χ4v) is 2.80. The minimum absolute atomic E-state index is 0.367. The summed E-state index contributed by atoms with van der Waals surface area (Å²) < 4.78 is 5.26. The first-order valence-electron chi connectivity index (χ1n) is 7.93. The summed E-state index contributed by atoms with van der Waals surface area (Å²) in [5, 5.41) is 9.88. The largest absolute Gasteiger partial charge is 0.389 e. The molecule has 0 spiro atoms. The number of aliphatic hydroxyl groups is 1. The zero-order chi connectivity index (χ0) is 15.1. The predicted molar refractivity (Wildman–Crippen MR) is 85.4 cm³/mol. The molecule has 0 aliphatic carbocycles. The highest BCUT2D eigenvalue weighted by atomic mass is 16.5. The van der Waals surface area contributed by atoms with Crippen molar-refractivity contribution in [3.8, 4) is 0 Å². The van der Waals surface area contributed by atoms with E-state index in [1.807, 2.05) is 6.92 Å². The lowest BCUT2D eigenvalue weighted by molar-refractivity contribution is 0.0101. The Kier molecular flexibility index (Phi) is 6.64. The van der Waals surface area contributed by atoms with Gasteiger partial charge in [0.05, 0.1) is 12.7 Å². The molecule has 118 valence electrons. The molecule has 1 aromatic rings. The molecule has 0 radical (unpaired) electrons. The third-order valence-corrected chi connectivity index (χ3v) is 3.94. The lowest BCUT2D eigenvalue weighted by atomic mass is 10.1. The van der Waals surface area contributed by atoms with Crippen LogP contribution in [0.2, 0.25) is 0 Å². The third-order valence-electron chi connectivity index (χ3n) is 3.94. The predicted octanol–water partition coefficient (Wildman–Crippen LogP) is 1.51. The van der Waals surface area contributed by atoms with E-state index < -0.39 is 0 Å². The standard InChI is InChI=1S/C17H28N2O2/c1-3-21-14-17(20)13-19-9-7-18(8-10-19)12-16-6-4-5-15(2)11-16/h4-6,11,17,20H,3,7-10,12-14H2,1-2H3. The van der Waals surface area contributed by atoms with Gasteiger partial charge in [-0.1, -0.05) is 29.8 Å². The van der Waals surface area contributed by atoms with Crippen LogP contribution in [-0.2, 0) is 11.3 Å². The van der Waals surface area contributed by atoms with E-state index in [-0.39, 0.29) is 6.10 Å². The van der Waals surface area contributed by atoms with Crippen LogP contribution in [0.3, 0.4) is 0 Å². The van der Waals surface area contributed by atoms with Crippen LogP contribution in [0.25, 0.3) is 0 Å². The monoisotopic (exact) mass is 292 g/mol. The van der Waals surface area contributed by atoms with Gasteiger partial charge in [-0.05, 0) is 19.4 Å². The van der Waals surface area contributed by atoms with Crippen molar-refractivity contribution < 1.29 is 9.84 Å². The van der Waals surface area contributed by atoms with Crippen LogP contribution in [0.1, 0.15) is 18.1 Å². The number of nitrogens with zero attached hydrogens (tertiary/aromatic N) is 2. The molecule has 1 aromatic carbocycles. The summed E-state index contributed by atoms with van der Waals surface area (Å²) in [4.78, 5) is 4.82. The summed E-state index contributed by atoms with van der Waals surface area (Å²) in [6, 6.07) is 8.73. The first-order chi connectivity index (χ1) is 10.2. The molecule has 1 atom stereocenters. The van der Waals surface area contributed by atoms with Crippen molar-refractivity contribution in [2.45, 2.75) is 26.5 Å². The second kappa shape index (κ2) is 8.49. The molecule has 1 unspecified atom stereocenters. The molecule has 0 saturated carbocycles. The second-order valence-corrected chi connectivity index (χ2v) is 5.88. The zero-order valence-corrected chi connectivity index (χ0v) is 13.3. The van der Waals surface area contributed by atoms with Gasteiger partial charge in [0.25, 0.3) is 0 Å². The summed E-state index contributed by atoms with van der Waals surface area (Å²) in [6.45, 7) is 11.1. The topological polar surface area (TPSA) is 35.9 Å². The normalized spacial score (nSPS) is 18.8. The van der Waals surface area contributed by atoms with Gasteiger partial charge in [-0.25, -0.2) is 0 Å². The number of hydrogen-bond acceptors (Lipinski definition) is 4. The molecule has 1 heterocycles. The fraction of sp³-hybridized carbons (Fsp3) is 0.647. The number of aryl methyl sites for hydroxylation is 1. The number of piperazine rings is 1. The first kappa shape index (κ1) is 16.4. The van der Waals surface area contributed by atoms with Crippen LogP contribution < -0.4 is 0 Å². The van der Waals surface area contributed by atoms with Crippen molar-refractivity contribution in [3.05, 3.63) is 35.4 Å². The SMILES string of the molecule is CCOCC(O)CN1CCN(Cc2cccc(C)c2)CC1. The van der Waals surface area contributed by atoms with Gasteiger partial charge in [-0.15, -0.1) is 0 Å². The average Bonchev–Trinajstić information content (AvgIpc) is 2.47. The minimum Gasteiger partial charge on any atom is -0.389 e. The highest BCUT2D eigenvalue weighted by molar-refractivity contribution is 5.22. The smallest absolute Gasteiger partial charge is 0.0900 e. The van der Waals surface area contributed by atoms with Crippen molar-refractivity contribution in [3.63, 3.8) is 0 Å². The maximum atomic E-state index is 9.88. The third kappa shape index (κ3) is 5.75. The molecule has 0 aromatic heterocycles. The van der Waals surface area contributed by atoms with Gasteiger partial charge in [0.1, 0.15) is 0 Å². The number of ether oxygens (including phenoxy) is 1. The van der Waals surface area contributed by atoms with Gasteiger partial charge in [-0.2, -0.15) is 0 Å². The van der Waals surface area contributed by atoms with Gasteiger partial charge in [0.15, 0.2) is 0 Å². The second-order valence-electron chi connectivity index (χ2n) is 5.88. The quantitative estimate of drug-likeness (QED) is 0.826.